The smallest absolute Gasteiger partial charge is 0.252 e. The van der Waals surface area contributed by atoms with E-state index in [0.29, 0.717) is 43.2 Å². The SMILES string of the molecule is O=C(NCCC(=O)N1CCN([C@@H]2CCS(=O)(=O)C2)CC1)c1ccccc1Cl. The predicted octanol–water partition coefficient (Wildman–Crippen LogP) is 0.791. The van der Waals surface area contributed by atoms with Gasteiger partial charge in [0.25, 0.3) is 5.91 Å². The number of halogens is 1. The van der Waals surface area contributed by atoms with Crippen LogP contribution in [0.2, 0.25) is 5.02 Å². The van der Waals surface area contributed by atoms with Crippen LogP contribution < -0.4 is 5.32 Å². The van der Waals surface area contributed by atoms with E-state index in [1.54, 1.807) is 29.2 Å². The van der Waals surface area contributed by atoms with Crippen molar-refractivity contribution in [3.8, 4) is 0 Å². The molecule has 2 saturated heterocycles. The van der Waals surface area contributed by atoms with E-state index in [4.69, 9.17) is 11.6 Å². The number of benzene rings is 1. The molecule has 27 heavy (non-hydrogen) atoms. The van der Waals surface area contributed by atoms with E-state index in [9.17, 15) is 18.0 Å². The maximum Gasteiger partial charge on any atom is 0.252 e. The van der Waals surface area contributed by atoms with Crippen LogP contribution in [0, 0.1) is 0 Å². The summed E-state index contributed by atoms with van der Waals surface area (Å²) < 4.78 is 23.2. The number of rotatable bonds is 5. The van der Waals surface area contributed by atoms with Crippen LogP contribution in [0.3, 0.4) is 0 Å². The molecule has 0 spiro atoms. The van der Waals surface area contributed by atoms with Gasteiger partial charge in [-0.05, 0) is 18.6 Å². The van der Waals surface area contributed by atoms with Crippen molar-refractivity contribution in [1.82, 2.24) is 15.1 Å². The van der Waals surface area contributed by atoms with Crippen molar-refractivity contribution >= 4 is 33.3 Å². The van der Waals surface area contributed by atoms with Crippen molar-refractivity contribution in [2.24, 2.45) is 0 Å². The summed E-state index contributed by atoms with van der Waals surface area (Å²) in [4.78, 5) is 28.4. The van der Waals surface area contributed by atoms with Gasteiger partial charge in [0.05, 0.1) is 22.1 Å². The van der Waals surface area contributed by atoms with Gasteiger partial charge in [0.1, 0.15) is 0 Å². The molecule has 0 saturated carbocycles. The van der Waals surface area contributed by atoms with Crippen LogP contribution in [0.15, 0.2) is 24.3 Å². The van der Waals surface area contributed by atoms with Crippen LogP contribution in [0.4, 0.5) is 0 Å². The largest absolute Gasteiger partial charge is 0.351 e. The molecule has 0 bridgehead atoms. The molecule has 2 fully saturated rings. The van der Waals surface area contributed by atoms with Gasteiger partial charge >= 0.3 is 0 Å². The molecule has 1 aromatic carbocycles. The van der Waals surface area contributed by atoms with Gasteiger partial charge in [-0.3, -0.25) is 14.5 Å². The van der Waals surface area contributed by atoms with E-state index in [-0.39, 0.29) is 42.3 Å². The first-order chi connectivity index (χ1) is 12.9. The number of carbonyl (C=O) groups excluding carboxylic acids is 2. The molecule has 1 atom stereocenters. The molecule has 0 aliphatic carbocycles. The van der Waals surface area contributed by atoms with E-state index in [2.05, 4.69) is 10.2 Å². The first-order valence-corrected chi connectivity index (χ1v) is 11.3. The summed E-state index contributed by atoms with van der Waals surface area (Å²) >= 11 is 5.99. The van der Waals surface area contributed by atoms with Crippen molar-refractivity contribution in [2.75, 3.05) is 44.2 Å². The predicted molar refractivity (Wildman–Crippen MR) is 104 cm³/mol. The zero-order valence-corrected chi connectivity index (χ0v) is 16.6. The van der Waals surface area contributed by atoms with E-state index < -0.39 is 9.84 Å². The molecule has 7 nitrogen and oxygen atoms in total. The van der Waals surface area contributed by atoms with Crippen molar-refractivity contribution in [1.29, 1.82) is 0 Å². The number of hydrogen-bond acceptors (Lipinski definition) is 5. The maximum atomic E-state index is 12.3. The molecule has 0 aromatic heterocycles. The molecule has 0 radical (unpaired) electrons. The van der Waals surface area contributed by atoms with Gasteiger partial charge in [0.2, 0.25) is 5.91 Å². The topological polar surface area (TPSA) is 86.8 Å². The first-order valence-electron chi connectivity index (χ1n) is 9.11. The first kappa shape index (κ1) is 20.1. The quantitative estimate of drug-likeness (QED) is 0.771. The Hall–Kier alpha value is -1.64. The lowest BCUT2D eigenvalue weighted by Crippen LogP contribution is -2.52. The fourth-order valence-electron chi connectivity index (χ4n) is 3.58. The van der Waals surface area contributed by atoms with Gasteiger partial charge < -0.3 is 10.2 Å². The Balaban J connectivity index is 1.40. The van der Waals surface area contributed by atoms with Gasteiger partial charge in [-0.2, -0.15) is 0 Å². The second-order valence-corrected chi connectivity index (χ2v) is 9.60. The second-order valence-electron chi connectivity index (χ2n) is 6.96. The fraction of sp³-hybridized carbons (Fsp3) is 0.556. The molecule has 1 N–H and O–H groups in total. The summed E-state index contributed by atoms with van der Waals surface area (Å²) in [7, 11) is -2.89. The second kappa shape index (κ2) is 8.58. The van der Waals surface area contributed by atoms with Crippen LogP contribution in [0.1, 0.15) is 23.2 Å². The summed E-state index contributed by atoms with van der Waals surface area (Å²) in [6, 6.07) is 6.87. The van der Waals surface area contributed by atoms with E-state index in [1.807, 2.05) is 0 Å². The maximum absolute atomic E-state index is 12.3. The average molecular weight is 414 g/mol. The summed E-state index contributed by atoms with van der Waals surface area (Å²) in [5.41, 5.74) is 0.395. The highest BCUT2D eigenvalue weighted by Gasteiger charge is 2.34. The third-order valence-electron chi connectivity index (χ3n) is 5.13. The Morgan fingerprint density at radius 3 is 2.48 bits per heavy atom. The lowest BCUT2D eigenvalue weighted by atomic mass is 10.2. The number of piperazine rings is 1. The Morgan fingerprint density at radius 2 is 1.85 bits per heavy atom. The molecule has 148 valence electrons. The van der Waals surface area contributed by atoms with E-state index >= 15 is 0 Å². The average Bonchev–Trinajstić information content (AvgIpc) is 3.02. The van der Waals surface area contributed by atoms with Crippen LogP contribution in [0.5, 0.6) is 0 Å². The Labute approximate surface area is 164 Å². The highest BCUT2D eigenvalue weighted by molar-refractivity contribution is 7.91. The lowest BCUT2D eigenvalue weighted by molar-refractivity contribution is -0.133. The summed E-state index contributed by atoms with van der Waals surface area (Å²) in [5, 5.41) is 3.11. The third kappa shape index (κ3) is 5.21. The molecule has 2 heterocycles. The molecule has 2 amide bonds. The molecular formula is C18H24ClN3O4S. The monoisotopic (exact) mass is 413 g/mol. The Morgan fingerprint density at radius 1 is 1.15 bits per heavy atom. The number of carbonyl (C=O) groups is 2. The minimum absolute atomic E-state index is 0.00634. The normalized spacial score (nSPS) is 22.6. The molecule has 0 unspecified atom stereocenters. The molecule has 1 aromatic rings. The standard InChI is InChI=1S/C18H24ClN3O4S/c19-16-4-2-1-3-15(16)18(24)20-7-5-17(23)22-10-8-21(9-11-22)14-6-12-27(25,26)13-14/h1-4,14H,5-13H2,(H,20,24)/t14-/m1/s1. The molecule has 2 aliphatic heterocycles. The van der Waals surface area contributed by atoms with Gasteiger partial charge in [0.15, 0.2) is 9.84 Å². The fourth-order valence-corrected chi connectivity index (χ4v) is 5.56. The minimum Gasteiger partial charge on any atom is -0.351 e. The number of nitrogens with zero attached hydrogens (tertiary/aromatic N) is 2. The third-order valence-corrected chi connectivity index (χ3v) is 7.21. The minimum atomic E-state index is -2.89. The van der Waals surface area contributed by atoms with Crippen molar-refractivity contribution in [3.63, 3.8) is 0 Å². The number of hydrogen-bond donors (Lipinski definition) is 1. The summed E-state index contributed by atoms with van der Waals surface area (Å²) in [6.45, 7) is 2.82. The Bertz CT molecular complexity index is 807. The van der Waals surface area contributed by atoms with E-state index in [0.717, 1.165) is 0 Å². The van der Waals surface area contributed by atoms with Crippen molar-refractivity contribution in [3.05, 3.63) is 34.9 Å². The summed E-state index contributed by atoms with van der Waals surface area (Å²) in [5.74, 6) is 0.200. The van der Waals surface area contributed by atoms with Gasteiger partial charge in [-0.15, -0.1) is 0 Å². The van der Waals surface area contributed by atoms with E-state index in [1.165, 1.54) is 0 Å². The number of amides is 2. The van der Waals surface area contributed by atoms with Crippen LogP contribution in [-0.4, -0.2) is 80.3 Å². The van der Waals surface area contributed by atoms with Crippen molar-refractivity contribution < 1.29 is 18.0 Å². The lowest BCUT2D eigenvalue weighted by Gasteiger charge is -2.37. The highest BCUT2D eigenvalue weighted by atomic mass is 35.5. The van der Waals surface area contributed by atoms with Gasteiger partial charge in [0, 0.05) is 45.2 Å². The molecule has 2 aliphatic rings. The zero-order chi connectivity index (χ0) is 19.4. The Kier molecular flexibility index (Phi) is 6.39. The van der Waals surface area contributed by atoms with Gasteiger partial charge in [-0.1, -0.05) is 23.7 Å². The molecular weight excluding hydrogens is 390 g/mol. The number of nitrogens with one attached hydrogen (secondary N) is 1. The number of sulfone groups is 1. The zero-order valence-electron chi connectivity index (χ0n) is 15.1. The van der Waals surface area contributed by atoms with Crippen molar-refractivity contribution in [2.45, 2.75) is 18.9 Å². The molecule has 3 rings (SSSR count). The van der Waals surface area contributed by atoms with Crippen LogP contribution >= 0.6 is 11.6 Å². The highest BCUT2D eigenvalue weighted by Crippen LogP contribution is 2.19. The van der Waals surface area contributed by atoms with Crippen LogP contribution in [-0.2, 0) is 14.6 Å². The van der Waals surface area contributed by atoms with Crippen LogP contribution in [0.25, 0.3) is 0 Å². The molecule has 9 heteroatoms. The summed E-state index contributed by atoms with van der Waals surface area (Å²) in [6.07, 6.45) is 0.915. The van der Waals surface area contributed by atoms with Gasteiger partial charge in [-0.25, -0.2) is 8.42 Å².